The zero-order chi connectivity index (χ0) is 9.31. The molecule has 2 fully saturated rings. The number of rotatable bonds is 2. The van der Waals surface area contributed by atoms with Gasteiger partial charge in [-0.15, -0.1) is 0 Å². The van der Waals surface area contributed by atoms with Crippen LogP contribution in [0.5, 0.6) is 0 Å². The molecule has 0 aromatic rings. The van der Waals surface area contributed by atoms with E-state index in [4.69, 9.17) is 4.74 Å². The standard InChI is InChI=1S/C10H19NO2/c1-2-3-10(12)4-8-6-13-7-9(5-10)11-8/h8-9,11-12H,2-7H2,1H3. The van der Waals surface area contributed by atoms with Crippen molar-refractivity contribution >= 4 is 0 Å². The third-order valence-corrected chi connectivity index (χ3v) is 3.08. The Balaban J connectivity index is 2.00. The first-order chi connectivity index (χ1) is 6.22. The van der Waals surface area contributed by atoms with Crippen molar-refractivity contribution in [2.24, 2.45) is 0 Å². The second-order valence-corrected chi connectivity index (χ2v) is 4.48. The van der Waals surface area contributed by atoms with Gasteiger partial charge in [-0.25, -0.2) is 0 Å². The van der Waals surface area contributed by atoms with Crippen molar-refractivity contribution in [2.45, 2.75) is 50.3 Å². The summed E-state index contributed by atoms with van der Waals surface area (Å²) in [6.07, 6.45) is 3.72. The van der Waals surface area contributed by atoms with Crippen molar-refractivity contribution in [1.29, 1.82) is 0 Å². The van der Waals surface area contributed by atoms with Gasteiger partial charge in [-0.1, -0.05) is 13.3 Å². The van der Waals surface area contributed by atoms with Gasteiger partial charge < -0.3 is 15.2 Å². The van der Waals surface area contributed by atoms with Crippen LogP contribution in [0.25, 0.3) is 0 Å². The van der Waals surface area contributed by atoms with Gasteiger partial charge in [0, 0.05) is 12.1 Å². The van der Waals surface area contributed by atoms with Gasteiger partial charge in [0.25, 0.3) is 0 Å². The zero-order valence-corrected chi connectivity index (χ0v) is 8.25. The van der Waals surface area contributed by atoms with E-state index in [2.05, 4.69) is 12.2 Å². The van der Waals surface area contributed by atoms with E-state index in [1.807, 2.05) is 0 Å². The molecular weight excluding hydrogens is 166 g/mol. The second-order valence-electron chi connectivity index (χ2n) is 4.48. The topological polar surface area (TPSA) is 41.5 Å². The van der Waals surface area contributed by atoms with E-state index >= 15 is 0 Å². The quantitative estimate of drug-likeness (QED) is 0.664. The number of hydrogen-bond donors (Lipinski definition) is 2. The maximum Gasteiger partial charge on any atom is 0.0679 e. The molecule has 0 aromatic carbocycles. The lowest BCUT2D eigenvalue weighted by Gasteiger charge is -2.45. The molecule has 13 heavy (non-hydrogen) atoms. The summed E-state index contributed by atoms with van der Waals surface area (Å²) in [6, 6.07) is 0.757. The van der Waals surface area contributed by atoms with Crippen LogP contribution in [0.15, 0.2) is 0 Å². The Bertz CT molecular complexity index is 172. The predicted octanol–water partition coefficient (Wildman–Crippen LogP) is 0.668. The number of morpholine rings is 1. The van der Waals surface area contributed by atoms with Crippen molar-refractivity contribution in [3.05, 3.63) is 0 Å². The Kier molecular flexibility index (Phi) is 2.58. The fourth-order valence-corrected chi connectivity index (χ4v) is 2.69. The maximum absolute atomic E-state index is 10.3. The van der Waals surface area contributed by atoms with Crippen LogP contribution in [0.2, 0.25) is 0 Å². The van der Waals surface area contributed by atoms with E-state index in [0.717, 1.165) is 38.9 Å². The lowest BCUT2D eigenvalue weighted by molar-refractivity contribution is -0.0801. The highest BCUT2D eigenvalue weighted by Crippen LogP contribution is 2.31. The highest BCUT2D eigenvalue weighted by atomic mass is 16.5. The van der Waals surface area contributed by atoms with Crippen molar-refractivity contribution in [2.75, 3.05) is 13.2 Å². The van der Waals surface area contributed by atoms with E-state index in [1.165, 1.54) is 0 Å². The van der Waals surface area contributed by atoms with Gasteiger partial charge >= 0.3 is 0 Å². The van der Waals surface area contributed by atoms with Gasteiger partial charge in [0.15, 0.2) is 0 Å². The Morgan fingerprint density at radius 1 is 1.38 bits per heavy atom. The van der Waals surface area contributed by atoms with Gasteiger partial charge in [0.1, 0.15) is 0 Å². The van der Waals surface area contributed by atoms with E-state index in [9.17, 15) is 5.11 Å². The molecule has 2 aliphatic heterocycles. The van der Waals surface area contributed by atoms with Crippen molar-refractivity contribution in [1.82, 2.24) is 5.32 Å². The number of piperidine rings is 1. The molecule has 0 amide bonds. The number of fused-ring (bicyclic) bond motifs is 2. The van der Waals surface area contributed by atoms with Crippen LogP contribution >= 0.6 is 0 Å². The van der Waals surface area contributed by atoms with Gasteiger partial charge in [0.2, 0.25) is 0 Å². The maximum atomic E-state index is 10.3. The van der Waals surface area contributed by atoms with Gasteiger partial charge in [0.05, 0.1) is 18.8 Å². The van der Waals surface area contributed by atoms with Crippen LogP contribution in [0.3, 0.4) is 0 Å². The molecule has 2 atom stereocenters. The fourth-order valence-electron chi connectivity index (χ4n) is 2.69. The van der Waals surface area contributed by atoms with Crippen molar-refractivity contribution < 1.29 is 9.84 Å². The van der Waals surface area contributed by atoms with Crippen LogP contribution in [-0.2, 0) is 4.74 Å². The molecule has 2 rings (SSSR count). The normalized spacial score (nSPS) is 44.8. The Morgan fingerprint density at radius 2 is 2.00 bits per heavy atom. The average molecular weight is 185 g/mol. The first kappa shape index (κ1) is 9.44. The van der Waals surface area contributed by atoms with Crippen LogP contribution in [0.4, 0.5) is 0 Å². The largest absolute Gasteiger partial charge is 0.390 e. The summed E-state index contributed by atoms with van der Waals surface area (Å²) in [5, 5.41) is 13.8. The molecule has 0 aromatic heterocycles. The molecular formula is C10H19NO2. The third kappa shape index (κ3) is 2.03. The van der Waals surface area contributed by atoms with Crippen LogP contribution in [0, 0.1) is 0 Å². The molecule has 0 spiro atoms. The van der Waals surface area contributed by atoms with Gasteiger partial charge in [-0.2, -0.15) is 0 Å². The summed E-state index contributed by atoms with van der Waals surface area (Å²) in [7, 11) is 0. The average Bonchev–Trinajstić information content (AvgIpc) is 2.02. The minimum Gasteiger partial charge on any atom is -0.390 e. The molecule has 2 heterocycles. The summed E-state index contributed by atoms with van der Waals surface area (Å²) in [6.45, 7) is 3.66. The molecule has 2 unspecified atom stereocenters. The number of ether oxygens (including phenoxy) is 1. The predicted molar refractivity (Wildman–Crippen MR) is 50.6 cm³/mol. The first-order valence-electron chi connectivity index (χ1n) is 5.28. The van der Waals surface area contributed by atoms with Crippen LogP contribution < -0.4 is 5.32 Å². The lowest BCUT2D eigenvalue weighted by atomic mass is 9.80. The second kappa shape index (κ2) is 3.56. The highest BCUT2D eigenvalue weighted by Gasteiger charge is 2.40. The zero-order valence-electron chi connectivity index (χ0n) is 8.25. The molecule has 2 bridgehead atoms. The number of aliphatic hydroxyl groups is 1. The van der Waals surface area contributed by atoms with Gasteiger partial charge in [-0.3, -0.25) is 0 Å². The first-order valence-corrected chi connectivity index (χ1v) is 5.28. The molecule has 2 saturated heterocycles. The molecule has 76 valence electrons. The van der Waals surface area contributed by atoms with Crippen molar-refractivity contribution in [3.8, 4) is 0 Å². The van der Waals surface area contributed by atoms with E-state index in [1.54, 1.807) is 0 Å². The Morgan fingerprint density at radius 3 is 2.54 bits per heavy atom. The van der Waals surface area contributed by atoms with Crippen LogP contribution in [-0.4, -0.2) is 36.0 Å². The molecule has 0 radical (unpaired) electrons. The summed E-state index contributed by atoms with van der Waals surface area (Å²) < 4.78 is 5.43. The summed E-state index contributed by atoms with van der Waals surface area (Å²) in [4.78, 5) is 0. The van der Waals surface area contributed by atoms with E-state index < -0.39 is 5.60 Å². The van der Waals surface area contributed by atoms with E-state index in [0.29, 0.717) is 12.1 Å². The fraction of sp³-hybridized carbons (Fsp3) is 1.00. The molecule has 0 saturated carbocycles. The molecule has 3 nitrogen and oxygen atoms in total. The van der Waals surface area contributed by atoms with E-state index in [-0.39, 0.29) is 0 Å². The molecule has 2 N–H and O–H groups in total. The highest BCUT2D eigenvalue weighted by molar-refractivity contribution is 4.96. The van der Waals surface area contributed by atoms with Gasteiger partial charge in [-0.05, 0) is 19.3 Å². The molecule has 2 aliphatic rings. The molecule has 3 heteroatoms. The number of nitrogens with one attached hydrogen (secondary N) is 1. The summed E-state index contributed by atoms with van der Waals surface area (Å²) >= 11 is 0. The summed E-state index contributed by atoms with van der Waals surface area (Å²) in [5.41, 5.74) is -0.418. The number of hydrogen-bond acceptors (Lipinski definition) is 3. The summed E-state index contributed by atoms with van der Waals surface area (Å²) in [5.74, 6) is 0. The lowest BCUT2D eigenvalue weighted by Crippen LogP contribution is -2.59. The minimum absolute atomic E-state index is 0.379. The Labute approximate surface area is 79.5 Å². The van der Waals surface area contributed by atoms with Crippen LogP contribution in [0.1, 0.15) is 32.6 Å². The SMILES string of the molecule is CCCC1(O)CC2COCC(C1)N2. The minimum atomic E-state index is -0.418. The third-order valence-electron chi connectivity index (χ3n) is 3.08. The van der Waals surface area contributed by atoms with Crippen molar-refractivity contribution in [3.63, 3.8) is 0 Å². The smallest absolute Gasteiger partial charge is 0.0679 e. The molecule has 0 aliphatic carbocycles. The Hall–Kier alpha value is -0.120. The monoisotopic (exact) mass is 185 g/mol.